The van der Waals surface area contributed by atoms with Gasteiger partial charge in [0.2, 0.25) is 5.76 Å². The van der Waals surface area contributed by atoms with Crippen molar-refractivity contribution in [1.82, 2.24) is 4.98 Å². The maximum absolute atomic E-state index is 11.8. The standard InChI is InChI=1S/C14H21NO4/c1-4-11-12(14(16)18-5-2)19-13(15-11)10-6-7-17-8-9(10)3/h9-10H,4-8H2,1-3H3. The molecule has 0 N–H and O–H groups in total. The second kappa shape index (κ2) is 6.19. The molecule has 2 rings (SSSR count). The molecule has 0 bridgehead atoms. The number of aryl methyl sites for hydroxylation is 1. The molecule has 1 aromatic rings. The Hall–Kier alpha value is -1.36. The average molecular weight is 267 g/mol. The van der Waals surface area contributed by atoms with E-state index in [9.17, 15) is 4.79 Å². The van der Waals surface area contributed by atoms with Crippen LogP contribution in [0, 0.1) is 5.92 Å². The highest BCUT2D eigenvalue weighted by Crippen LogP contribution is 2.32. The lowest BCUT2D eigenvalue weighted by atomic mass is 9.90. The number of nitrogens with zero attached hydrogens (tertiary/aromatic N) is 1. The number of esters is 1. The Kier molecular flexibility index (Phi) is 4.58. The van der Waals surface area contributed by atoms with Gasteiger partial charge in [0, 0.05) is 19.1 Å². The summed E-state index contributed by atoms with van der Waals surface area (Å²) in [5, 5.41) is 0. The fourth-order valence-corrected chi connectivity index (χ4v) is 2.37. The first-order valence-electron chi connectivity index (χ1n) is 6.91. The molecule has 5 heteroatoms. The molecule has 1 fully saturated rings. The van der Waals surface area contributed by atoms with Crippen LogP contribution in [0.15, 0.2) is 4.42 Å². The van der Waals surface area contributed by atoms with Gasteiger partial charge in [0.15, 0.2) is 5.89 Å². The third kappa shape index (κ3) is 2.97. The topological polar surface area (TPSA) is 61.6 Å². The summed E-state index contributed by atoms with van der Waals surface area (Å²) < 4.78 is 16.1. The van der Waals surface area contributed by atoms with E-state index in [0.717, 1.165) is 6.42 Å². The minimum absolute atomic E-state index is 0.224. The van der Waals surface area contributed by atoms with Crippen LogP contribution in [0.1, 0.15) is 55.2 Å². The maximum atomic E-state index is 11.8. The molecule has 2 unspecified atom stereocenters. The average Bonchev–Trinajstić information content (AvgIpc) is 2.83. The minimum Gasteiger partial charge on any atom is -0.460 e. The molecular formula is C14H21NO4. The van der Waals surface area contributed by atoms with Gasteiger partial charge in [0.05, 0.1) is 12.3 Å². The van der Waals surface area contributed by atoms with Crippen LogP contribution in [-0.2, 0) is 15.9 Å². The molecule has 1 aliphatic heterocycles. The van der Waals surface area contributed by atoms with Crippen LogP contribution in [0.5, 0.6) is 0 Å². The highest BCUT2D eigenvalue weighted by molar-refractivity contribution is 5.87. The van der Waals surface area contributed by atoms with Gasteiger partial charge < -0.3 is 13.9 Å². The highest BCUT2D eigenvalue weighted by Gasteiger charge is 2.30. The number of hydrogen-bond acceptors (Lipinski definition) is 5. The predicted molar refractivity (Wildman–Crippen MR) is 69.2 cm³/mol. The first kappa shape index (κ1) is 14.1. The van der Waals surface area contributed by atoms with Crippen molar-refractivity contribution in [2.75, 3.05) is 19.8 Å². The van der Waals surface area contributed by atoms with Crippen LogP contribution >= 0.6 is 0 Å². The molecule has 1 saturated heterocycles. The zero-order valence-electron chi connectivity index (χ0n) is 11.8. The van der Waals surface area contributed by atoms with Crippen molar-refractivity contribution >= 4 is 5.97 Å². The van der Waals surface area contributed by atoms with Crippen molar-refractivity contribution < 1.29 is 18.7 Å². The van der Waals surface area contributed by atoms with E-state index in [1.165, 1.54) is 0 Å². The number of carbonyl (C=O) groups is 1. The van der Waals surface area contributed by atoms with E-state index < -0.39 is 5.97 Å². The van der Waals surface area contributed by atoms with Gasteiger partial charge in [-0.1, -0.05) is 13.8 Å². The van der Waals surface area contributed by atoms with Crippen molar-refractivity contribution in [3.8, 4) is 0 Å². The van der Waals surface area contributed by atoms with Crippen molar-refractivity contribution in [3.05, 3.63) is 17.3 Å². The van der Waals surface area contributed by atoms with Crippen LogP contribution in [0.25, 0.3) is 0 Å². The Balaban J connectivity index is 2.24. The summed E-state index contributed by atoms with van der Waals surface area (Å²) in [6, 6.07) is 0. The lowest BCUT2D eigenvalue weighted by Crippen LogP contribution is -2.23. The van der Waals surface area contributed by atoms with Gasteiger partial charge in [0.25, 0.3) is 0 Å². The molecule has 2 atom stereocenters. The van der Waals surface area contributed by atoms with Crippen LogP contribution in [0.4, 0.5) is 0 Å². The van der Waals surface area contributed by atoms with Crippen molar-refractivity contribution in [2.24, 2.45) is 5.92 Å². The lowest BCUT2D eigenvalue weighted by Gasteiger charge is -2.26. The van der Waals surface area contributed by atoms with Gasteiger partial charge in [-0.3, -0.25) is 0 Å². The smallest absolute Gasteiger partial charge is 0.376 e. The summed E-state index contributed by atoms with van der Waals surface area (Å²) in [7, 11) is 0. The number of ether oxygens (including phenoxy) is 2. The maximum Gasteiger partial charge on any atom is 0.376 e. The van der Waals surface area contributed by atoms with Gasteiger partial charge in [-0.15, -0.1) is 0 Å². The van der Waals surface area contributed by atoms with E-state index in [2.05, 4.69) is 11.9 Å². The molecule has 2 heterocycles. The van der Waals surface area contributed by atoms with Crippen LogP contribution < -0.4 is 0 Å². The summed E-state index contributed by atoms with van der Waals surface area (Å²) in [6.45, 7) is 7.62. The minimum atomic E-state index is -0.419. The number of rotatable bonds is 4. The Labute approximate surface area is 113 Å². The Bertz CT molecular complexity index is 441. The molecule has 0 aromatic carbocycles. The van der Waals surface area contributed by atoms with Crippen LogP contribution in [0.2, 0.25) is 0 Å². The van der Waals surface area contributed by atoms with E-state index in [1.54, 1.807) is 6.92 Å². The number of oxazole rings is 1. The second-order valence-corrected chi connectivity index (χ2v) is 4.85. The van der Waals surface area contributed by atoms with E-state index in [0.29, 0.717) is 43.7 Å². The highest BCUT2D eigenvalue weighted by atomic mass is 16.5. The first-order valence-corrected chi connectivity index (χ1v) is 6.91. The molecule has 106 valence electrons. The lowest BCUT2D eigenvalue weighted by molar-refractivity contribution is 0.0383. The molecule has 0 spiro atoms. The third-order valence-electron chi connectivity index (χ3n) is 3.47. The monoisotopic (exact) mass is 267 g/mol. The van der Waals surface area contributed by atoms with Gasteiger partial charge in [0.1, 0.15) is 0 Å². The predicted octanol–water partition coefficient (Wildman–Crippen LogP) is 2.55. The normalized spacial score (nSPS) is 23.3. The number of hydrogen-bond donors (Lipinski definition) is 0. The fraction of sp³-hybridized carbons (Fsp3) is 0.714. The van der Waals surface area contributed by atoms with Crippen LogP contribution in [-0.4, -0.2) is 30.8 Å². The summed E-state index contributed by atoms with van der Waals surface area (Å²) in [6.07, 6.45) is 1.54. The third-order valence-corrected chi connectivity index (χ3v) is 3.47. The van der Waals surface area contributed by atoms with Crippen LogP contribution in [0.3, 0.4) is 0 Å². The van der Waals surface area contributed by atoms with Gasteiger partial charge in [-0.2, -0.15) is 0 Å². The molecular weight excluding hydrogens is 246 g/mol. The van der Waals surface area contributed by atoms with Crippen molar-refractivity contribution in [2.45, 2.75) is 39.5 Å². The molecule has 19 heavy (non-hydrogen) atoms. The Morgan fingerprint density at radius 2 is 2.26 bits per heavy atom. The first-order chi connectivity index (χ1) is 9.17. The molecule has 1 aliphatic rings. The summed E-state index contributed by atoms with van der Waals surface area (Å²) >= 11 is 0. The van der Waals surface area contributed by atoms with E-state index in [1.807, 2.05) is 6.92 Å². The fourth-order valence-electron chi connectivity index (χ4n) is 2.37. The van der Waals surface area contributed by atoms with Gasteiger partial charge in [-0.25, -0.2) is 9.78 Å². The second-order valence-electron chi connectivity index (χ2n) is 4.85. The molecule has 5 nitrogen and oxygen atoms in total. The molecule has 1 aromatic heterocycles. The molecule has 0 amide bonds. The van der Waals surface area contributed by atoms with Crippen molar-refractivity contribution in [1.29, 1.82) is 0 Å². The zero-order valence-corrected chi connectivity index (χ0v) is 11.8. The Morgan fingerprint density at radius 3 is 2.89 bits per heavy atom. The quantitative estimate of drug-likeness (QED) is 0.784. The summed E-state index contributed by atoms with van der Waals surface area (Å²) in [4.78, 5) is 16.3. The SMILES string of the molecule is CCOC(=O)c1oc(C2CCOCC2C)nc1CC. The van der Waals surface area contributed by atoms with E-state index in [4.69, 9.17) is 13.9 Å². The summed E-state index contributed by atoms with van der Waals surface area (Å²) in [5.74, 6) is 1.07. The molecule has 0 saturated carbocycles. The Morgan fingerprint density at radius 1 is 1.47 bits per heavy atom. The molecule has 0 aliphatic carbocycles. The largest absolute Gasteiger partial charge is 0.460 e. The van der Waals surface area contributed by atoms with E-state index >= 15 is 0 Å². The van der Waals surface area contributed by atoms with Gasteiger partial charge in [-0.05, 0) is 25.7 Å². The number of carbonyl (C=O) groups excluding carboxylic acids is 1. The van der Waals surface area contributed by atoms with Gasteiger partial charge >= 0.3 is 5.97 Å². The number of aromatic nitrogens is 1. The van der Waals surface area contributed by atoms with Crippen molar-refractivity contribution in [3.63, 3.8) is 0 Å². The molecule has 0 radical (unpaired) electrons. The van der Waals surface area contributed by atoms with E-state index in [-0.39, 0.29) is 11.7 Å². The summed E-state index contributed by atoms with van der Waals surface area (Å²) in [5.41, 5.74) is 0.687. The zero-order chi connectivity index (χ0) is 13.8.